The molecule has 0 heterocycles. The van der Waals surface area contributed by atoms with Crippen molar-refractivity contribution in [2.24, 2.45) is 29.6 Å². The van der Waals surface area contributed by atoms with E-state index < -0.39 is 10.0 Å². The highest BCUT2D eigenvalue weighted by molar-refractivity contribution is 8.33. The highest BCUT2D eigenvalue weighted by Gasteiger charge is 2.54. The molecule has 0 saturated heterocycles. The van der Waals surface area contributed by atoms with Crippen LogP contribution in [0.2, 0.25) is 0 Å². The van der Waals surface area contributed by atoms with E-state index in [1.54, 1.807) is 32.7 Å². The molecule has 7 unspecified atom stereocenters. The average Bonchev–Trinajstić information content (AvgIpc) is 3.62. The van der Waals surface area contributed by atoms with Gasteiger partial charge in [-0.3, -0.25) is 0 Å². The Morgan fingerprint density at radius 2 is 1.23 bits per heavy atom. The first-order chi connectivity index (χ1) is 20.5. The second kappa shape index (κ2) is 11.1. The minimum absolute atomic E-state index is 0.116. The Hall–Kier alpha value is -1.99. The highest BCUT2D eigenvalue weighted by atomic mass is 32.3. The van der Waals surface area contributed by atoms with Crippen molar-refractivity contribution in [3.63, 3.8) is 0 Å². The topological polar surface area (TPSA) is 0 Å². The molecule has 0 bridgehead atoms. The molecule has 0 radical (unpaired) electrons. The summed E-state index contributed by atoms with van der Waals surface area (Å²) in [7, 11) is -1.18. The summed E-state index contributed by atoms with van der Waals surface area (Å²) in [6.45, 7) is 27.2. The molecule has 0 aromatic heterocycles. The van der Waals surface area contributed by atoms with Crippen molar-refractivity contribution in [3.05, 3.63) is 88.0 Å². The lowest BCUT2D eigenvalue weighted by atomic mass is 9.77. The molecular formula is C43H60S. The molecule has 0 N–H and O–H groups in total. The van der Waals surface area contributed by atoms with Crippen LogP contribution >= 0.6 is 10.0 Å². The number of benzene rings is 3. The van der Waals surface area contributed by atoms with Crippen LogP contribution in [0.1, 0.15) is 121 Å². The van der Waals surface area contributed by atoms with Crippen molar-refractivity contribution >= 4 is 10.0 Å². The minimum Gasteiger partial charge on any atom is -0.207 e. The van der Waals surface area contributed by atoms with Gasteiger partial charge in [0.25, 0.3) is 0 Å². The molecule has 44 heavy (non-hydrogen) atoms. The van der Waals surface area contributed by atoms with Crippen LogP contribution in [0.4, 0.5) is 0 Å². The molecular weight excluding hydrogens is 549 g/mol. The van der Waals surface area contributed by atoms with Gasteiger partial charge >= 0.3 is 0 Å². The molecule has 0 aliphatic heterocycles. The molecule has 1 saturated carbocycles. The quantitative estimate of drug-likeness (QED) is 0.276. The summed E-state index contributed by atoms with van der Waals surface area (Å²) in [6, 6.07) is 22.3. The van der Waals surface area contributed by atoms with Crippen molar-refractivity contribution in [1.29, 1.82) is 0 Å². The summed E-state index contributed by atoms with van der Waals surface area (Å²) in [5.41, 5.74) is 13.0. The van der Waals surface area contributed by atoms with E-state index in [9.17, 15) is 0 Å². The summed E-state index contributed by atoms with van der Waals surface area (Å²) in [5, 5.41) is 1.34. The summed E-state index contributed by atoms with van der Waals surface area (Å²) in [5.74, 6) is 3.66. The molecule has 3 aliphatic rings. The summed E-state index contributed by atoms with van der Waals surface area (Å²) in [6.07, 6.45) is 7.75. The van der Waals surface area contributed by atoms with E-state index in [-0.39, 0.29) is 10.8 Å². The summed E-state index contributed by atoms with van der Waals surface area (Å²) >= 11 is 0. The van der Waals surface area contributed by atoms with Gasteiger partial charge in [-0.25, -0.2) is 10.0 Å². The minimum atomic E-state index is -1.18. The third kappa shape index (κ3) is 5.03. The zero-order chi connectivity index (χ0) is 31.9. The fraction of sp³-hybridized carbons (Fsp3) is 0.581. The number of aryl methyl sites for hydroxylation is 1. The maximum absolute atomic E-state index is 2.77. The van der Waals surface area contributed by atoms with Crippen LogP contribution in [0.15, 0.2) is 59.5 Å². The van der Waals surface area contributed by atoms with Gasteiger partial charge in [0.15, 0.2) is 0 Å². The Morgan fingerprint density at radius 3 is 1.77 bits per heavy atom. The number of hydrogen-bond donors (Lipinski definition) is 0. The van der Waals surface area contributed by atoms with Gasteiger partial charge < -0.3 is 0 Å². The maximum atomic E-state index is 2.77. The third-order valence-electron chi connectivity index (χ3n) is 12.7. The normalized spacial score (nSPS) is 30.6. The van der Waals surface area contributed by atoms with Gasteiger partial charge in [-0.05, 0) is 127 Å². The first-order valence-electron chi connectivity index (χ1n) is 17.7. The van der Waals surface area contributed by atoms with E-state index >= 15 is 0 Å². The van der Waals surface area contributed by atoms with Gasteiger partial charge in [0, 0.05) is 5.25 Å². The smallest absolute Gasteiger partial charge is 0.0210 e. The summed E-state index contributed by atoms with van der Waals surface area (Å²) < 4.78 is 0. The molecule has 1 fully saturated rings. The van der Waals surface area contributed by atoms with Gasteiger partial charge in [0.1, 0.15) is 0 Å². The molecule has 3 aromatic carbocycles. The SMILES string of the molecule is CC1Cc2c(cc3c(c2-c2cc(C(C)(C)C)cc(C(C)(C)C)c2)CCC3)C1S(C)(c1ccccc1)C1C(C)C(C)C(C)C1C. The van der Waals surface area contributed by atoms with E-state index in [0.29, 0.717) is 11.2 Å². The van der Waals surface area contributed by atoms with Crippen molar-refractivity contribution in [2.75, 3.05) is 6.26 Å². The fourth-order valence-corrected chi connectivity index (χ4v) is 15.6. The Morgan fingerprint density at radius 1 is 0.659 bits per heavy atom. The molecule has 1 heteroatoms. The van der Waals surface area contributed by atoms with Crippen LogP contribution in [0.25, 0.3) is 11.1 Å². The van der Waals surface area contributed by atoms with Crippen LogP contribution in [0.5, 0.6) is 0 Å². The Labute approximate surface area is 272 Å². The molecule has 3 aromatic rings. The van der Waals surface area contributed by atoms with Gasteiger partial charge in [0.2, 0.25) is 0 Å². The molecule has 0 amide bonds. The average molecular weight is 609 g/mol. The van der Waals surface area contributed by atoms with Gasteiger partial charge in [-0.2, -0.15) is 0 Å². The molecule has 7 atom stereocenters. The number of fused-ring (bicyclic) bond motifs is 2. The molecule has 6 rings (SSSR count). The standard InChI is InChI=1S/C43H60S/c1-26-21-37-38(40(26)44(12,35-18-14-13-15-19-35)41-29(4)27(2)28(3)30(41)5)24-31-17-16-20-36(31)39(37)32-22-33(42(6,7)8)25-34(23-32)43(9,10)11/h13-15,18-19,22-30,40-41H,16-17,20-21H2,1-12H3. The lowest BCUT2D eigenvalue weighted by Gasteiger charge is -2.53. The predicted octanol–water partition coefficient (Wildman–Crippen LogP) is 12.1. The van der Waals surface area contributed by atoms with Crippen molar-refractivity contribution in [3.8, 4) is 11.1 Å². The molecule has 0 spiro atoms. The van der Waals surface area contributed by atoms with Gasteiger partial charge in [-0.15, -0.1) is 0 Å². The zero-order valence-corrected chi connectivity index (χ0v) is 30.8. The van der Waals surface area contributed by atoms with Crippen molar-refractivity contribution < 1.29 is 0 Å². The van der Waals surface area contributed by atoms with E-state index in [2.05, 4.69) is 137 Å². The second-order valence-electron chi connectivity index (χ2n) is 17.5. The van der Waals surface area contributed by atoms with Crippen LogP contribution in [-0.4, -0.2) is 11.5 Å². The Balaban J connectivity index is 1.62. The van der Waals surface area contributed by atoms with Gasteiger partial charge in [-0.1, -0.05) is 131 Å². The van der Waals surface area contributed by atoms with Crippen LogP contribution in [0, 0.1) is 29.6 Å². The second-order valence-corrected chi connectivity index (χ2v) is 21.1. The first kappa shape index (κ1) is 32.0. The molecule has 0 nitrogen and oxygen atoms in total. The predicted molar refractivity (Wildman–Crippen MR) is 196 cm³/mol. The lowest BCUT2D eigenvalue weighted by molar-refractivity contribution is 0.352. The lowest BCUT2D eigenvalue weighted by Crippen LogP contribution is -2.32. The van der Waals surface area contributed by atoms with E-state index in [4.69, 9.17) is 0 Å². The van der Waals surface area contributed by atoms with E-state index in [1.165, 1.54) is 42.4 Å². The Kier molecular flexibility index (Phi) is 8.04. The van der Waals surface area contributed by atoms with Crippen molar-refractivity contribution in [2.45, 2.75) is 128 Å². The largest absolute Gasteiger partial charge is 0.207 e. The maximum Gasteiger partial charge on any atom is 0.0210 e. The van der Waals surface area contributed by atoms with Crippen LogP contribution in [-0.2, 0) is 30.1 Å². The highest BCUT2D eigenvalue weighted by Crippen LogP contribution is 2.76. The van der Waals surface area contributed by atoms with Crippen molar-refractivity contribution in [1.82, 2.24) is 0 Å². The van der Waals surface area contributed by atoms with E-state index in [1.807, 2.05) is 0 Å². The molecule has 3 aliphatic carbocycles. The number of rotatable bonds is 4. The number of hydrogen-bond acceptors (Lipinski definition) is 0. The van der Waals surface area contributed by atoms with Crippen LogP contribution in [0.3, 0.4) is 0 Å². The monoisotopic (exact) mass is 608 g/mol. The third-order valence-corrected chi connectivity index (χ3v) is 17.8. The van der Waals surface area contributed by atoms with E-state index in [0.717, 1.165) is 28.9 Å². The Bertz CT molecular complexity index is 1490. The fourth-order valence-electron chi connectivity index (χ4n) is 9.87. The van der Waals surface area contributed by atoms with Gasteiger partial charge in [0.05, 0.1) is 0 Å². The summed E-state index contributed by atoms with van der Waals surface area (Å²) in [4.78, 5) is 1.64. The van der Waals surface area contributed by atoms with Crippen LogP contribution < -0.4 is 0 Å². The zero-order valence-electron chi connectivity index (χ0n) is 30.0. The first-order valence-corrected chi connectivity index (χ1v) is 19.9. The molecule has 238 valence electrons.